The number of carbonyl (C=O) groups is 1. The van der Waals surface area contributed by atoms with E-state index in [4.69, 9.17) is 7.48 Å². The van der Waals surface area contributed by atoms with E-state index in [1.165, 1.54) is 6.92 Å². The van der Waals surface area contributed by atoms with Gasteiger partial charge in [0.1, 0.15) is 11.9 Å². The molecule has 0 heterocycles. The second kappa shape index (κ2) is 5.69. The van der Waals surface area contributed by atoms with Crippen molar-refractivity contribution in [2.75, 3.05) is 0 Å². The predicted octanol–water partition coefficient (Wildman–Crippen LogP) is 5.73. The minimum absolute atomic E-state index is 0.171. The van der Waals surface area contributed by atoms with Crippen LogP contribution in [0, 0.1) is 28.6 Å². The summed E-state index contributed by atoms with van der Waals surface area (Å²) in [4.78, 5) is 11.7. The SMILES string of the molecule is [2H]C1CC[C@@]2(C)C(=C1OC(C)=O)C(=C)C[C@@H]1[C@@H]2CC[C@]2(C)C([2H])[C@H](F)C[C@@H]12. The predicted molar refractivity (Wildman–Crippen MR) is 96.4 cm³/mol. The number of hydrogen-bond acceptors (Lipinski definition) is 2. The van der Waals surface area contributed by atoms with Gasteiger partial charge in [0, 0.05) is 16.1 Å². The largest absolute Gasteiger partial charge is 0.431 e. The molecular weight excluding hydrogens is 315 g/mol. The van der Waals surface area contributed by atoms with E-state index in [1.807, 2.05) is 0 Å². The minimum atomic E-state index is -1.03. The van der Waals surface area contributed by atoms with Crippen LogP contribution in [0.1, 0.15) is 74.8 Å². The highest BCUT2D eigenvalue weighted by atomic mass is 19.1. The average molecular weight is 348 g/mol. The summed E-state index contributed by atoms with van der Waals surface area (Å²) in [7, 11) is 0. The quantitative estimate of drug-likeness (QED) is 0.565. The van der Waals surface area contributed by atoms with Gasteiger partial charge in [0.25, 0.3) is 0 Å². The van der Waals surface area contributed by atoms with Crippen LogP contribution in [0.15, 0.2) is 23.5 Å². The summed E-state index contributed by atoms with van der Waals surface area (Å²) < 4.78 is 36.8. The molecule has 0 amide bonds. The van der Waals surface area contributed by atoms with Crippen molar-refractivity contribution in [3.8, 4) is 0 Å². The van der Waals surface area contributed by atoms with Crippen molar-refractivity contribution in [1.29, 1.82) is 0 Å². The van der Waals surface area contributed by atoms with Crippen LogP contribution >= 0.6 is 0 Å². The summed E-state index contributed by atoms with van der Waals surface area (Å²) >= 11 is 0. The van der Waals surface area contributed by atoms with Gasteiger partial charge in [-0.3, -0.25) is 4.79 Å². The van der Waals surface area contributed by atoms with E-state index in [9.17, 15) is 9.18 Å². The first kappa shape index (κ1) is 15.0. The van der Waals surface area contributed by atoms with Crippen molar-refractivity contribution in [3.63, 3.8) is 0 Å². The van der Waals surface area contributed by atoms with Crippen LogP contribution < -0.4 is 0 Å². The highest BCUT2D eigenvalue weighted by Crippen LogP contribution is 2.67. The van der Waals surface area contributed by atoms with Crippen LogP contribution in [-0.4, -0.2) is 12.1 Å². The highest BCUT2D eigenvalue weighted by molar-refractivity contribution is 5.68. The molecule has 2 unspecified atom stereocenters. The highest BCUT2D eigenvalue weighted by Gasteiger charge is 2.59. The fraction of sp³-hybridized carbons (Fsp3) is 0.773. The number of ether oxygens (including phenoxy) is 1. The first-order valence-corrected chi connectivity index (χ1v) is 9.69. The van der Waals surface area contributed by atoms with Crippen LogP contribution in [0.25, 0.3) is 0 Å². The Labute approximate surface area is 153 Å². The van der Waals surface area contributed by atoms with Crippen LogP contribution in [0.4, 0.5) is 4.39 Å². The van der Waals surface area contributed by atoms with Crippen molar-refractivity contribution < 1.29 is 16.7 Å². The zero-order valence-electron chi connectivity index (χ0n) is 17.6. The lowest BCUT2D eigenvalue weighted by molar-refractivity contribution is -0.137. The molecule has 4 aliphatic rings. The number of alkyl halides is 1. The Balaban J connectivity index is 1.77. The Hall–Kier alpha value is -1.12. The molecule has 0 bridgehead atoms. The number of fused-ring (bicyclic) bond motifs is 5. The van der Waals surface area contributed by atoms with E-state index in [1.54, 1.807) is 0 Å². The van der Waals surface area contributed by atoms with E-state index in [-0.39, 0.29) is 22.7 Å². The van der Waals surface area contributed by atoms with Crippen molar-refractivity contribution in [2.24, 2.45) is 28.6 Å². The zero-order valence-corrected chi connectivity index (χ0v) is 15.6. The molecule has 0 saturated heterocycles. The molecule has 0 aromatic carbocycles. The maximum absolute atomic E-state index is 14.5. The molecule has 3 saturated carbocycles. The maximum atomic E-state index is 14.5. The normalized spacial score (nSPS) is 53.4. The van der Waals surface area contributed by atoms with Gasteiger partial charge in [0.15, 0.2) is 0 Å². The van der Waals surface area contributed by atoms with Crippen LogP contribution in [0.3, 0.4) is 0 Å². The Morgan fingerprint density at radius 1 is 1.36 bits per heavy atom. The summed E-state index contributed by atoms with van der Waals surface area (Å²) in [6.07, 6.45) is 2.51. The average Bonchev–Trinajstić information content (AvgIpc) is 2.82. The van der Waals surface area contributed by atoms with Crippen LogP contribution in [-0.2, 0) is 9.53 Å². The van der Waals surface area contributed by atoms with E-state index < -0.39 is 19.0 Å². The molecule has 0 spiro atoms. The third-order valence-electron chi connectivity index (χ3n) is 7.63. The van der Waals surface area contributed by atoms with Gasteiger partial charge < -0.3 is 4.74 Å². The number of rotatable bonds is 1. The number of halogens is 1. The first-order chi connectivity index (χ1) is 12.6. The van der Waals surface area contributed by atoms with Gasteiger partial charge in [-0.05, 0) is 84.7 Å². The van der Waals surface area contributed by atoms with Gasteiger partial charge in [-0.15, -0.1) is 0 Å². The molecule has 0 N–H and O–H groups in total. The van der Waals surface area contributed by atoms with Crippen LogP contribution in [0.5, 0.6) is 0 Å². The number of allylic oxidation sites excluding steroid dienone is 3. The molecule has 0 aromatic heterocycles. The number of esters is 1. The summed E-state index contributed by atoms with van der Waals surface area (Å²) in [6.45, 7) is 10.1. The lowest BCUT2D eigenvalue weighted by Gasteiger charge is -2.58. The van der Waals surface area contributed by atoms with Crippen molar-refractivity contribution >= 4 is 5.97 Å². The third kappa shape index (κ3) is 2.52. The molecular formula is C22H31FO2. The van der Waals surface area contributed by atoms with Gasteiger partial charge in [0.2, 0.25) is 0 Å². The summed E-state index contributed by atoms with van der Waals surface area (Å²) in [6, 6.07) is 0. The standard InChI is InChI=1S/C22H31FO2/c1-13-10-16-17(7-9-21(3)12-15(23)11-18(16)21)22(4)8-5-6-19(20(13)22)25-14(2)24/h15-18H,1,5-12H2,2-4H3/t15-,16-,17+,18+,21-,22-/m1/s1/i6D,12D/t6?,12?,15-,16-,17+,18+,21-,22-. The zero-order chi connectivity index (χ0) is 19.7. The lowest BCUT2D eigenvalue weighted by Crippen LogP contribution is -2.50. The van der Waals surface area contributed by atoms with E-state index >= 15 is 0 Å². The molecule has 0 aromatic rings. The van der Waals surface area contributed by atoms with Gasteiger partial charge in [-0.25, -0.2) is 4.39 Å². The minimum Gasteiger partial charge on any atom is -0.431 e. The fourth-order valence-electron chi connectivity index (χ4n) is 6.68. The van der Waals surface area contributed by atoms with Gasteiger partial charge in [-0.2, -0.15) is 0 Å². The van der Waals surface area contributed by atoms with Crippen LogP contribution in [0.2, 0.25) is 0 Å². The topological polar surface area (TPSA) is 26.3 Å². The second-order valence-electron chi connectivity index (χ2n) is 9.14. The molecule has 0 radical (unpaired) electrons. The molecule has 3 fully saturated rings. The first-order valence-electron chi connectivity index (χ1n) is 10.8. The van der Waals surface area contributed by atoms with Crippen molar-refractivity contribution in [1.82, 2.24) is 0 Å². The van der Waals surface area contributed by atoms with E-state index in [2.05, 4.69) is 20.4 Å². The van der Waals surface area contributed by atoms with Gasteiger partial charge in [-0.1, -0.05) is 20.4 Å². The molecule has 0 aliphatic heterocycles. The van der Waals surface area contributed by atoms with E-state index in [0.29, 0.717) is 30.4 Å². The molecule has 4 rings (SSSR count). The molecule has 25 heavy (non-hydrogen) atoms. The monoisotopic (exact) mass is 348 g/mol. The maximum Gasteiger partial charge on any atom is 0.307 e. The summed E-state index contributed by atoms with van der Waals surface area (Å²) in [5, 5.41) is 0. The Morgan fingerprint density at radius 3 is 2.84 bits per heavy atom. The molecule has 138 valence electrons. The third-order valence-corrected chi connectivity index (χ3v) is 7.63. The van der Waals surface area contributed by atoms with E-state index in [0.717, 1.165) is 36.8 Å². The number of hydrogen-bond donors (Lipinski definition) is 0. The van der Waals surface area contributed by atoms with Gasteiger partial charge in [0.05, 0.1) is 0 Å². The Morgan fingerprint density at radius 2 is 2.12 bits per heavy atom. The Kier molecular flexibility index (Phi) is 3.41. The van der Waals surface area contributed by atoms with Gasteiger partial charge >= 0.3 is 5.97 Å². The lowest BCUT2D eigenvalue weighted by atomic mass is 9.46. The summed E-state index contributed by atoms with van der Waals surface area (Å²) in [5.74, 6) is 1.06. The summed E-state index contributed by atoms with van der Waals surface area (Å²) in [5.41, 5.74) is 1.53. The second-order valence-corrected chi connectivity index (χ2v) is 9.14. The fourth-order valence-corrected chi connectivity index (χ4v) is 6.68. The number of carbonyl (C=O) groups excluding carboxylic acids is 1. The van der Waals surface area contributed by atoms with Crippen molar-refractivity contribution in [2.45, 2.75) is 78.3 Å². The van der Waals surface area contributed by atoms with Crippen molar-refractivity contribution in [3.05, 3.63) is 23.5 Å². The molecule has 3 heteroatoms. The smallest absolute Gasteiger partial charge is 0.307 e. The molecule has 8 atom stereocenters. The molecule has 4 aliphatic carbocycles. The Bertz CT molecular complexity index is 719. The molecule has 2 nitrogen and oxygen atoms in total.